The summed E-state index contributed by atoms with van der Waals surface area (Å²) in [5.74, 6) is -1.00. The first-order chi connectivity index (χ1) is 20.4. The van der Waals surface area contributed by atoms with E-state index in [0.29, 0.717) is 11.3 Å². The van der Waals surface area contributed by atoms with Gasteiger partial charge in [0.15, 0.2) is 5.76 Å². The van der Waals surface area contributed by atoms with Gasteiger partial charge in [0, 0.05) is 17.7 Å². The summed E-state index contributed by atoms with van der Waals surface area (Å²) in [6.07, 6.45) is -15.3. The van der Waals surface area contributed by atoms with Crippen molar-refractivity contribution in [2.75, 3.05) is 13.7 Å². The zero-order valence-electron chi connectivity index (χ0n) is 22.9. The standard InChI is InChI=1S/C28H32O15/c1-10-18(31)21(34)23(36)27(39-10)43-26-20(33)17-14(30)7-13(40-28-24(37)22(35)19(32)16(9-29)42-28)8-15(17)41-25(26)11-3-5-12(38-2)6-4-11/h3-8,10,16,18-19,21-24,27-32,34-37H,9H2,1-2H3/t10-,16+,18-,19+,21+,22-,23+,24+,27-,28+/m0/s1. The first-order valence-corrected chi connectivity index (χ1v) is 13.3. The van der Waals surface area contributed by atoms with Gasteiger partial charge in [-0.15, -0.1) is 0 Å². The van der Waals surface area contributed by atoms with Gasteiger partial charge in [0.25, 0.3) is 0 Å². The largest absolute Gasteiger partial charge is 0.507 e. The number of aromatic hydroxyl groups is 1. The van der Waals surface area contributed by atoms with Crippen molar-refractivity contribution in [3.05, 3.63) is 46.6 Å². The molecular formula is C28H32O15. The van der Waals surface area contributed by atoms with E-state index in [1.165, 1.54) is 20.1 Å². The number of hydrogen-bond acceptors (Lipinski definition) is 15. The van der Waals surface area contributed by atoms with Gasteiger partial charge >= 0.3 is 0 Å². The predicted molar refractivity (Wildman–Crippen MR) is 144 cm³/mol. The zero-order chi connectivity index (χ0) is 31.2. The molecule has 43 heavy (non-hydrogen) atoms. The van der Waals surface area contributed by atoms with Crippen molar-refractivity contribution in [2.24, 2.45) is 0 Å². The summed E-state index contributed by atoms with van der Waals surface area (Å²) in [5, 5.41) is 81.2. The van der Waals surface area contributed by atoms with E-state index in [4.69, 9.17) is 28.1 Å². The van der Waals surface area contributed by atoms with E-state index >= 15 is 0 Å². The first-order valence-electron chi connectivity index (χ1n) is 13.3. The van der Waals surface area contributed by atoms with Crippen LogP contribution >= 0.6 is 0 Å². The van der Waals surface area contributed by atoms with Gasteiger partial charge in [-0.2, -0.15) is 0 Å². The predicted octanol–water partition coefficient (Wildman–Crippen LogP) is -1.44. The van der Waals surface area contributed by atoms with Crippen LogP contribution in [-0.2, 0) is 9.47 Å². The summed E-state index contributed by atoms with van der Waals surface area (Å²) in [6, 6.07) is 8.45. The van der Waals surface area contributed by atoms with E-state index in [9.17, 15) is 45.6 Å². The Morgan fingerprint density at radius 3 is 2.05 bits per heavy atom. The molecule has 15 nitrogen and oxygen atoms in total. The van der Waals surface area contributed by atoms with Gasteiger partial charge in [-0.05, 0) is 31.2 Å². The highest BCUT2D eigenvalue weighted by Gasteiger charge is 2.45. The van der Waals surface area contributed by atoms with E-state index in [0.717, 1.165) is 6.07 Å². The second-order valence-corrected chi connectivity index (χ2v) is 10.2. The summed E-state index contributed by atoms with van der Waals surface area (Å²) in [6.45, 7) is 0.747. The Balaban J connectivity index is 1.58. The summed E-state index contributed by atoms with van der Waals surface area (Å²) in [5.41, 5.74) is -0.807. The van der Waals surface area contributed by atoms with Crippen LogP contribution in [-0.4, -0.2) is 116 Å². The van der Waals surface area contributed by atoms with Crippen LogP contribution < -0.4 is 19.6 Å². The van der Waals surface area contributed by atoms with Gasteiger partial charge in [-0.25, -0.2) is 0 Å². The average Bonchev–Trinajstić information content (AvgIpc) is 2.99. The fourth-order valence-corrected chi connectivity index (χ4v) is 4.89. The molecule has 10 atom stereocenters. The minimum atomic E-state index is -1.76. The summed E-state index contributed by atoms with van der Waals surface area (Å²) >= 11 is 0. The van der Waals surface area contributed by atoms with E-state index in [1.54, 1.807) is 24.3 Å². The molecule has 5 rings (SSSR count). The Morgan fingerprint density at radius 1 is 0.791 bits per heavy atom. The summed E-state index contributed by atoms with van der Waals surface area (Å²) in [4.78, 5) is 13.8. The number of aliphatic hydroxyl groups excluding tert-OH is 7. The maximum Gasteiger partial charge on any atom is 0.239 e. The number of phenols is 1. The number of benzene rings is 2. The Kier molecular flexibility index (Phi) is 8.80. The molecule has 0 unspecified atom stereocenters. The highest BCUT2D eigenvalue weighted by molar-refractivity contribution is 5.88. The van der Waals surface area contributed by atoms with Crippen molar-refractivity contribution in [3.8, 4) is 34.3 Å². The van der Waals surface area contributed by atoms with E-state index in [2.05, 4.69) is 0 Å². The summed E-state index contributed by atoms with van der Waals surface area (Å²) in [7, 11) is 1.46. The first kappa shape index (κ1) is 30.9. The number of rotatable bonds is 7. The lowest BCUT2D eigenvalue weighted by atomic mass is 9.99. The molecule has 2 aliphatic rings. The zero-order valence-corrected chi connectivity index (χ0v) is 22.9. The van der Waals surface area contributed by atoms with Crippen LogP contribution in [0.4, 0.5) is 0 Å². The molecule has 234 valence electrons. The second kappa shape index (κ2) is 12.2. The van der Waals surface area contributed by atoms with Crippen molar-refractivity contribution in [2.45, 2.75) is 68.3 Å². The number of fused-ring (bicyclic) bond motifs is 1. The molecule has 8 N–H and O–H groups in total. The molecule has 0 saturated carbocycles. The van der Waals surface area contributed by atoms with E-state index in [1.807, 2.05) is 0 Å². The van der Waals surface area contributed by atoms with Crippen molar-refractivity contribution >= 4 is 11.0 Å². The fraction of sp³-hybridized carbons (Fsp3) is 0.464. The van der Waals surface area contributed by atoms with Crippen molar-refractivity contribution in [3.63, 3.8) is 0 Å². The second-order valence-electron chi connectivity index (χ2n) is 10.2. The molecule has 0 aliphatic carbocycles. The Hall–Kier alpha value is -3.51. The number of ether oxygens (including phenoxy) is 5. The van der Waals surface area contributed by atoms with Crippen LogP contribution in [0.25, 0.3) is 22.3 Å². The lowest BCUT2D eigenvalue weighted by Gasteiger charge is -2.39. The van der Waals surface area contributed by atoms with Crippen molar-refractivity contribution < 1.29 is 69.0 Å². The van der Waals surface area contributed by atoms with Gasteiger partial charge in [0.05, 0.1) is 19.8 Å². The Morgan fingerprint density at radius 2 is 1.42 bits per heavy atom. The van der Waals surface area contributed by atoms with E-state index < -0.39 is 84.9 Å². The maximum atomic E-state index is 13.8. The number of hydrogen-bond donors (Lipinski definition) is 8. The smallest absolute Gasteiger partial charge is 0.239 e. The summed E-state index contributed by atoms with van der Waals surface area (Å²) < 4.78 is 33.4. The van der Waals surface area contributed by atoms with Crippen LogP contribution in [0.15, 0.2) is 45.6 Å². The molecule has 1 aromatic heterocycles. The van der Waals surface area contributed by atoms with Gasteiger partial charge in [-0.1, -0.05) is 0 Å². The third-order valence-corrected chi connectivity index (χ3v) is 7.40. The van der Waals surface area contributed by atoms with Crippen LogP contribution in [0.2, 0.25) is 0 Å². The minimum Gasteiger partial charge on any atom is -0.507 e. The molecule has 0 bridgehead atoms. The third kappa shape index (κ3) is 5.74. The third-order valence-electron chi connectivity index (χ3n) is 7.40. The molecule has 3 heterocycles. The molecule has 15 heteroatoms. The molecule has 2 aliphatic heterocycles. The highest BCUT2D eigenvalue weighted by Crippen LogP contribution is 2.38. The van der Waals surface area contributed by atoms with Crippen molar-refractivity contribution in [1.29, 1.82) is 0 Å². The maximum absolute atomic E-state index is 13.8. The van der Waals surface area contributed by atoms with Crippen LogP contribution in [0.1, 0.15) is 6.92 Å². The quantitative estimate of drug-likeness (QED) is 0.153. The van der Waals surface area contributed by atoms with Gasteiger partial charge < -0.3 is 69.0 Å². The van der Waals surface area contributed by atoms with Crippen LogP contribution in [0.3, 0.4) is 0 Å². The molecule has 2 fully saturated rings. The molecule has 0 amide bonds. The lowest BCUT2D eigenvalue weighted by molar-refractivity contribution is -0.277. The van der Waals surface area contributed by atoms with Crippen LogP contribution in [0, 0.1) is 0 Å². The topological polar surface area (TPSA) is 238 Å². The lowest BCUT2D eigenvalue weighted by Crippen LogP contribution is -2.60. The van der Waals surface area contributed by atoms with Crippen LogP contribution in [0.5, 0.6) is 23.0 Å². The number of methoxy groups -OCH3 is 1. The molecule has 2 saturated heterocycles. The monoisotopic (exact) mass is 608 g/mol. The molecular weight excluding hydrogens is 576 g/mol. The Labute approximate surface area is 243 Å². The van der Waals surface area contributed by atoms with E-state index in [-0.39, 0.29) is 22.5 Å². The van der Waals surface area contributed by atoms with Gasteiger partial charge in [0.1, 0.15) is 70.9 Å². The normalized spacial score (nSPS) is 32.9. The average molecular weight is 609 g/mol. The minimum absolute atomic E-state index is 0.173. The highest BCUT2D eigenvalue weighted by atomic mass is 16.7. The van der Waals surface area contributed by atoms with Gasteiger partial charge in [-0.3, -0.25) is 4.79 Å². The van der Waals surface area contributed by atoms with Gasteiger partial charge in [0.2, 0.25) is 23.8 Å². The SMILES string of the molecule is COc1ccc(-c2oc3cc(O[C@@H]4O[C@H](CO)[C@@H](O)[C@H](O)[C@H]4O)cc(O)c3c(=O)c2O[C@@H]2O[C@@H](C)[C@H](O)[C@@H](O)[C@H]2O)cc1. The molecule has 2 aromatic carbocycles. The number of aliphatic hydroxyl groups is 7. The van der Waals surface area contributed by atoms with Crippen molar-refractivity contribution in [1.82, 2.24) is 0 Å². The molecule has 0 radical (unpaired) electrons. The molecule has 3 aromatic rings. The Bertz CT molecular complexity index is 1490. The number of phenolic OH excluding ortho intramolecular Hbond substituents is 1. The molecule has 0 spiro atoms. The fourth-order valence-electron chi connectivity index (χ4n) is 4.89.